The molecule has 5 atom stereocenters. The number of nitriles is 1. The maximum Gasteiger partial charge on any atom is 0.473 e. The fourth-order valence-corrected chi connectivity index (χ4v) is 4.22. The second-order valence-electron chi connectivity index (χ2n) is 5.75. The smallest absolute Gasteiger partial charge is 0.371 e. The van der Waals surface area contributed by atoms with Crippen molar-refractivity contribution >= 4 is 30.7 Å². The van der Waals surface area contributed by atoms with Gasteiger partial charge in [-0.3, -0.25) is 18.4 Å². The molecule has 142 valence electrons. The van der Waals surface area contributed by atoms with Crippen LogP contribution in [0, 0.1) is 11.3 Å². The van der Waals surface area contributed by atoms with Gasteiger partial charge in [-0.25, -0.2) is 9.55 Å². The van der Waals surface area contributed by atoms with Crippen molar-refractivity contribution in [3.63, 3.8) is 0 Å². The highest BCUT2D eigenvalue weighted by Gasteiger charge is 2.60. The van der Waals surface area contributed by atoms with Gasteiger partial charge in [-0.15, -0.1) is 0 Å². The largest absolute Gasteiger partial charge is 0.473 e. The van der Waals surface area contributed by atoms with E-state index in [9.17, 15) is 14.3 Å². The minimum Gasteiger partial charge on any atom is -0.371 e. The first-order valence-corrected chi connectivity index (χ1v) is 9.27. The normalized spacial score (nSPS) is 32.2. The summed E-state index contributed by atoms with van der Waals surface area (Å²) in [5.74, 6) is -0.322. The quantitative estimate of drug-likeness (QED) is 0.559. The topological polar surface area (TPSA) is 174 Å². The van der Waals surface area contributed by atoms with Crippen LogP contribution in [-0.4, -0.2) is 62.7 Å². The minimum absolute atomic E-state index is 0.109. The van der Waals surface area contributed by atoms with Gasteiger partial charge in [0.1, 0.15) is 18.3 Å². The summed E-state index contributed by atoms with van der Waals surface area (Å²) in [6.45, 7) is 0. The Hall–Kier alpha value is -2.62. The lowest BCUT2D eigenvalue weighted by molar-refractivity contribution is -0.137. The van der Waals surface area contributed by atoms with Crippen molar-refractivity contribution in [1.82, 2.24) is 24.8 Å². The summed E-state index contributed by atoms with van der Waals surface area (Å²) >= 11 is 0. The summed E-state index contributed by atoms with van der Waals surface area (Å²) in [5, 5.41) is 14.4. The molecule has 2 saturated heterocycles. The average molecular weight is 395 g/mol. The fourth-order valence-electron chi connectivity index (χ4n) is 3.10. The van der Waals surface area contributed by atoms with E-state index in [1.54, 1.807) is 7.05 Å². The maximum atomic E-state index is 12.1. The summed E-state index contributed by atoms with van der Waals surface area (Å²) in [6.07, 6.45) is -2.99. The number of fused-ring (bicyclic) bond motifs is 2. The molecule has 27 heavy (non-hydrogen) atoms. The predicted octanol–water partition coefficient (Wildman–Crippen LogP) is -0.733. The Morgan fingerprint density at radius 3 is 2.78 bits per heavy atom. The molecule has 0 aliphatic carbocycles. The first-order valence-electron chi connectivity index (χ1n) is 7.77. The van der Waals surface area contributed by atoms with Crippen LogP contribution in [0.3, 0.4) is 0 Å². The molecule has 0 spiro atoms. The predicted molar refractivity (Wildman–Crippen MR) is 87.1 cm³/mol. The van der Waals surface area contributed by atoms with Crippen LogP contribution in [0.4, 0.5) is 5.82 Å². The Balaban J connectivity index is 1.82. The van der Waals surface area contributed by atoms with Gasteiger partial charge < -0.3 is 20.3 Å². The van der Waals surface area contributed by atoms with Gasteiger partial charge in [-0.1, -0.05) is 0 Å². The number of carbonyl (C=O) groups excluding carboxylic acids is 1. The van der Waals surface area contributed by atoms with Crippen molar-refractivity contribution in [2.75, 3.05) is 19.4 Å². The molecule has 2 fully saturated rings. The summed E-state index contributed by atoms with van der Waals surface area (Å²) in [5.41, 5.74) is 0.585. The molecule has 2 aliphatic heterocycles. The first-order chi connectivity index (χ1) is 12.9. The second kappa shape index (κ2) is 6.22. The number of likely N-dealkylation sites (N-methyl/N-ethyl adjacent to an activating group) is 1. The van der Waals surface area contributed by atoms with E-state index >= 15 is 0 Å². The van der Waals surface area contributed by atoms with Crippen LogP contribution >= 0.6 is 7.82 Å². The number of anilines is 1. The van der Waals surface area contributed by atoms with Crippen LogP contribution < -0.4 is 10.6 Å². The van der Waals surface area contributed by atoms with Gasteiger partial charge >= 0.3 is 7.82 Å². The molecule has 14 heteroatoms. The number of aromatic nitrogens is 4. The fraction of sp³-hybridized carbons (Fsp3) is 0.462. The van der Waals surface area contributed by atoms with Gasteiger partial charge in [-0.05, 0) is 0 Å². The van der Waals surface area contributed by atoms with Gasteiger partial charge in [0, 0.05) is 14.1 Å². The van der Waals surface area contributed by atoms with E-state index in [2.05, 4.69) is 25.6 Å². The third-order valence-corrected chi connectivity index (χ3v) is 5.26. The molecule has 4 heterocycles. The van der Waals surface area contributed by atoms with E-state index in [0.29, 0.717) is 11.3 Å². The Morgan fingerprint density at radius 1 is 1.37 bits per heavy atom. The molecular formula is C13H14N7O6P. The van der Waals surface area contributed by atoms with Gasteiger partial charge in [0.25, 0.3) is 5.91 Å². The number of hydrogen-bond acceptors (Lipinski definition) is 10. The molecule has 0 aromatic carbocycles. The summed E-state index contributed by atoms with van der Waals surface area (Å²) in [7, 11) is -1.31. The Bertz CT molecular complexity index is 1020. The van der Waals surface area contributed by atoms with Crippen LogP contribution in [0.1, 0.15) is 12.1 Å². The van der Waals surface area contributed by atoms with Crippen molar-refractivity contribution in [3.8, 4) is 6.07 Å². The average Bonchev–Trinajstić information content (AvgIpc) is 3.30. The minimum atomic E-state index is -4.33. The first kappa shape index (κ1) is 17.8. The van der Waals surface area contributed by atoms with Crippen LogP contribution in [0.2, 0.25) is 0 Å². The van der Waals surface area contributed by atoms with Gasteiger partial charge in [0.15, 0.2) is 29.3 Å². The lowest BCUT2D eigenvalue weighted by Gasteiger charge is -2.18. The molecule has 1 amide bonds. The third-order valence-electron chi connectivity index (χ3n) is 4.24. The SMILES string of the molecule is CNC(=O)[C@H]1O[C@@H](n2cnc3c(NC)nc(C#N)nc32)[C@@H]2OP(=O)(O)O[C@@H]21. The highest BCUT2D eigenvalue weighted by Crippen LogP contribution is 2.58. The van der Waals surface area contributed by atoms with E-state index in [-0.39, 0.29) is 11.5 Å². The Morgan fingerprint density at radius 2 is 2.11 bits per heavy atom. The summed E-state index contributed by atoms with van der Waals surface area (Å²) in [6, 6.07) is 1.85. The van der Waals surface area contributed by atoms with Gasteiger partial charge in [-0.2, -0.15) is 15.2 Å². The number of hydrogen-bond donors (Lipinski definition) is 3. The number of amides is 1. The monoisotopic (exact) mass is 395 g/mol. The zero-order chi connectivity index (χ0) is 19.3. The van der Waals surface area contributed by atoms with Crippen molar-refractivity contribution in [2.24, 2.45) is 0 Å². The molecular weight excluding hydrogens is 381 g/mol. The molecule has 0 saturated carbocycles. The van der Waals surface area contributed by atoms with Crippen LogP contribution in [0.25, 0.3) is 11.2 Å². The van der Waals surface area contributed by atoms with E-state index in [1.165, 1.54) is 17.9 Å². The lowest BCUT2D eigenvalue weighted by Crippen LogP contribution is -2.40. The third kappa shape index (κ3) is 2.75. The Kier molecular flexibility index (Phi) is 4.10. The highest BCUT2D eigenvalue weighted by atomic mass is 31.2. The van der Waals surface area contributed by atoms with E-state index in [0.717, 1.165) is 0 Å². The van der Waals surface area contributed by atoms with Crippen molar-refractivity contribution in [3.05, 3.63) is 12.2 Å². The molecule has 13 nitrogen and oxygen atoms in total. The van der Waals surface area contributed by atoms with Gasteiger partial charge in [0.05, 0.1) is 6.33 Å². The number of nitrogens with zero attached hydrogens (tertiary/aromatic N) is 5. The van der Waals surface area contributed by atoms with Crippen molar-refractivity contribution in [2.45, 2.75) is 24.5 Å². The Labute approximate surface area is 151 Å². The van der Waals surface area contributed by atoms with E-state index < -0.39 is 38.3 Å². The zero-order valence-corrected chi connectivity index (χ0v) is 15.0. The standard InChI is InChI=1S/C13H14N7O6P/c1-15-10-6-11(19-5(3-14)18-10)20(4-17-6)13-9-7(25-27(22,23)26-9)8(24-13)12(21)16-2/h4,7-9,13H,1-2H3,(H,16,21)(H,22,23)(H,15,18,19)/t7-,8+,9-,13-/m1/s1. The van der Waals surface area contributed by atoms with E-state index in [1.807, 2.05) is 6.07 Å². The molecule has 1 unspecified atom stereocenters. The molecule has 0 radical (unpaired) electrons. The van der Waals surface area contributed by atoms with Crippen LogP contribution in [0.5, 0.6) is 0 Å². The lowest BCUT2D eigenvalue weighted by atomic mass is 10.1. The number of carbonyl (C=O) groups is 1. The number of ether oxygens (including phenoxy) is 1. The molecule has 2 aromatic heterocycles. The zero-order valence-electron chi connectivity index (χ0n) is 14.1. The second-order valence-corrected chi connectivity index (χ2v) is 7.11. The maximum absolute atomic E-state index is 12.1. The summed E-state index contributed by atoms with van der Waals surface area (Å²) < 4.78 is 29.2. The highest BCUT2D eigenvalue weighted by molar-refractivity contribution is 7.47. The van der Waals surface area contributed by atoms with E-state index in [4.69, 9.17) is 19.0 Å². The molecule has 2 aliphatic rings. The number of phosphoric acid groups is 1. The number of phosphoric ester groups is 1. The molecule has 0 bridgehead atoms. The van der Waals surface area contributed by atoms with Crippen LogP contribution in [-0.2, 0) is 23.1 Å². The number of rotatable bonds is 3. The number of imidazole rings is 1. The molecule has 4 rings (SSSR count). The number of nitrogens with one attached hydrogen (secondary N) is 2. The molecule has 3 N–H and O–H groups in total. The van der Waals surface area contributed by atoms with Gasteiger partial charge in [0.2, 0.25) is 5.82 Å². The molecule has 2 aromatic rings. The van der Waals surface area contributed by atoms with Crippen molar-refractivity contribution < 1.29 is 28.0 Å². The summed E-state index contributed by atoms with van der Waals surface area (Å²) in [4.78, 5) is 34.1. The van der Waals surface area contributed by atoms with Crippen molar-refractivity contribution in [1.29, 1.82) is 5.26 Å². The van der Waals surface area contributed by atoms with Crippen LogP contribution in [0.15, 0.2) is 6.33 Å².